The van der Waals surface area contributed by atoms with E-state index < -0.39 is 0 Å². The van der Waals surface area contributed by atoms with Gasteiger partial charge in [-0.2, -0.15) is 5.26 Å². The van der Waals surface area contributed by atoms with Crippen LogP contribution in [0.5, 0.6) is 0 Å². The summed E-state index contributed by atoms with van der Waals surface area (Å²) in [6.45, 7) is 6.61. The molecule has 1 aromatic heterocycles. The molecule has 0 fully saturated rings. The van der Waals surface area contributed by atoms with Crippen molar-refractivity contribution >= 4 is 0 Å². The van der Waals surface area contributed by atoms with E-state index in [1.54, 1.807) is 17.0 Å². The highest BCUT2D eigenvalue weighted by molar-refractivity contribution is 5.13. The van der Waals surface area contributed by atoms with Crippen molar-refractivity contribution in [3.8, 4) is 6.07 Å². The van der Waals surface area contributed by atoms with Crippen LogP contribution in [-0.2, 0) is 6.54 Å². The predicted molar refractivity (Wildman–Crippen MR) is 46.4 cm³/mol. The van der Waals surface area contributed by atoms with Gasteiger partial charge in [-0.25, -0.2) is 4.98 Å². The van der Waals surface area contributed by atoms with Gasteiger partial charge in [0.15, 0.2) is 0 Å². The van der Waals surface area contributed by atoms with Crippen LogP contribution >= 0.6 is 0 Å². The number of nitriles is 1. The molecular formula is C9H11N3. The molecule has 0 unspecified atom stereocenters. The standard InChI is InChI=1S/C9H11N3/c1-3-8(2)7-12-5-4-11-9(12)6-10/h4-5H,2-3,7H2,1H3. The zero-order valence-corrected chi connectivity index (χ0v) is 7.12. The Morgan fingerprint density at radius 1 is 1.83 bits per heavy atom. The summed E-state index contributed by atoms with van der Waals surface area (Å²) >= 11 is 0. The van der Waals surface area contributed by atoms with Crippen LogP contribution in [-0.4, -0.2) is 9.55 Å². The average Bonchev–Trinajstić information content (AvgIpc) is 2.51. The van der Waals surface area contributed by atoms with E-state index in [9.17, 15) is 0 Å². The minimum Gasteiger partial charge on any atom is -0.319 e. The highest BCUT2D eigenvalue weighted by Gasteiger charge is 2.00. The maximum absolute atomic E-state index is 8.63. The Bertz CT molecular complexity index is 317. The first-order valence-corrected chi connectivity index (χ1v) is 3.85. The number of allylic oxidation sites excluding steroid dienone is 1. The molecule has 12 heavy (non-hydrogen) atoms. The van der Waals surface area contributed by atoms with Crippen LogP contribution in [0.1, 0.15) is 19.2 Å². The topological polar surface area (TPSA) is 41.6 Å². The molecule has 0 N–H and O–H groups in total. The highest BCUT2D eigenvalue weighted by Crippen LogP contribution is 2.03. The first-order chi connectivity index (χ1) is 5.77. The summed E-state index contributed by atoms with van der Waals surface area (Å²) in [6.07, 6.45) is 4.35. The Morgan fingerprint density at radius 2 is 2.58 bits per heavy atom. The van der Waals surface area contributed by atoms with Crippen LogP contribution in [0.3, 0.4) is 0 Å². The Kier molecular flexibility index (Phi) is 2.65. The van der Waals surface area contributed by atoms with Crippen molar-refractivity contribution < 1.29 is 0 Å². The first kappa shape index (κ1) is 8.54. The van der Waals surface area contributed by atoms with Crippen molar-refractivity contribution in [2.24, 2.45) is 0 Å². The molecule has 1 aromatic rings. The van der Waals surface area contributed by atoms with Gasteiger partial charge >= 0.3 is 0 Å². The van der Waals surface area contributed by atoms with E-state index in [2.05, 4.69) is 11.6 Å². The molecule has 0 radical (unpaired) electrons. The van der Waals surface area contributed by atoms with E-state index in [0.717, 1.165) is 12.0 Å². The Hall–Kier alpha value is -1.56. The zero-order valence-electron chi connectivity index (χ0n) is 7.12. The van der Waals surface area contributed by atoms with E-state index in [0.29, 0.717) is 12.4 Å². The fourth-order valence-corrected chi connectivity index (χ4v) is 0.903. The van der Waals surface area contributed by atoms with E-state index in [1.165, 1.54) is 0 Å². The summed E-state index contributed by atoms with van der Waals surface area (Å²) in [5, 5.41) is 8.63. The van der Waals surface area contributed by atoms with Crippen LogP contribution in [0.2, 0.25) is 0 Å². The second-order valence-corrected chi connectivity index (χ2v) is 2.59. The van der Waals surface area contributed by atoms with Crippen molar-refractivity contribution in [2.75, 3.05) is 0 Å². The SMILES string of the molecule is C=C(CC)Cn1ccnc1C#N. The van der Waals surface area contributed by atoms with Gasteiger partial charge in [-0.1, -0.05) is 19.1 Å². The molecule has 3 nitrogen and oxygen atoms in total. The number of hydrogen-bond acceptors (Lipinski definition) is 2. The van der Waals surface area contributed by atoms with Gasteiger partial charge in [0.1, 0.15) is 6.07 Å². The third kappa shape index (κ3) is 1.73. The summed E-state index contributed by atoms with van der Waals surface area (Å²) in [5.74, 6) is 0.449. The molecule has 0 saturated carbocycles. The largest absolute Gasteiger partial charge is 0.319 e. The monoisotopic (exact) mass is 161 g/mol. The van der Waals surface area contributed by atoms with E-state index >= 15 is 0 Å². The number of imidazole rings is 1. The normalized spacial score (nSPS) is 9.33. The fraction of sp³-hybridized carbons (Fsp3) is 0.333. The lowest BCUT2D eigenvalue weighted by atomic mass is 10.2. The van der Waals surface area contributed by atoms with Crippen molar-refractivity contribution in [1.82, 2.24) is 9.55 Å². The first-order valence-electron chi connectivity index (χ1n) is 3.85. The molecule has 0 aliphatic rings. The van der Waals surface area contributed by atoms with Crippen LogP contribution in [0.4, 0.5) is 0 Å². The van der Waals surface area contributed by atoms with Crippen molar-refractivity contribution in [1.29, 1.82) is 5.26 Å². The zero-order chi connectivity index (χ0) is 8.97. The number of rotatable bonds is 3. The summed E-state index contributed by atoms with van der Waals surface area (Å²) in [5.41, 5.74) is 1.10. The van der Waals surface area contributed by atoms with Gasteiger partial charge in [-0.05, 0) is 6.42 Å². The van der Waals surface area contributed by atoms with Gasteiger partial charge in [0.05, 0.1) is 0 Å². The molecule has 1 rings (SSSR count). The number of hydrogen-bond donors (Lipinski definition) is 0. The van der Waals surface area contributed by atoms with Crippen LogP contribution < -0.4 is 0 Å². The van der Waals surface area contributed by atoms with E-state index in [4.69, 9.17) is 5.26 Å². The minimum absolute atomic E-state index is 0.449. The lowest BCUT2D eigenvalue weighted by Gasteiger charge is -2.03. The molecule has 62 valence electrons. The van der Waals surface area contributed by atoms with Gasteiger partial charge in [0.2, 0.25) is 5.82 Å². The molecule has 0 atom stereocenters. The Morgan fingerprint density at radius 3 is 3.17 bits per heavy atom. The summed E-state index contributed by atoms with van der Waals surface area (Å²) < 4.78 is 1.80. The van der Waals surface area contributed by atoms with Gasteiger partial charge in [0.25, 0.3) is 0 Å². The average molecular weight is 161 g/mol. The maximum Gasteiger partial charge on any atom is 0.213 e. The van der Waals surface area contributed by atoms with Crippen LogP contribution in [0.15, 0.2) is 24.5 Å². The smallest absolute Gasteiger partial charge is 0.213 e. The lowest BCUT2D eigenvalue weighted by Crippen LogP contribution is -2.01. The molecule has 0 spiro atoms. The Labute approximate surface area is 72.0 Å². The van der Waals surface area contributed by atoms with Crippen molar-refractivity contribution in [3.63, 3.8) is 0 Å². The molecule has 0 aliphatic carbocycles. The van der Waals surface area contributed by atoms with E-state index in [-0.39, 0.29) is 0 Å². The number of aromatic nitrogens is 2. The molecule has 0 aromatic carbocycles. The highest BCUT2D eigenvalue weighted by atomic mass is 15.1. The molecule has 0 amide bonds. The van der Waals surface area contributed by atoms with Gasteiger partial charge in [0, 0.05) is 18.9 Å². The summed E-state index contributed by atoms with van der Waals surface area (Å²) in [4.78, 5) is 3.88. The van der Waals surface area contributed by atoms with Crippen LogP contribution in [0.25, 0.3) is 0 Å². The second-order valence-electron chi connectivity index (χ2n) is 2.59. The second kappa shape index (κ2) is 3.72. The molecular weight excluding hydrogens is 150 g/mol. The Balaban J connectivity index is 2.76. The summed E-state index contributed by atoms with van der Waals surface area (Å²) in [6, 6.07) is 2.02. The molecule has 0 aliphatic heterocycles. The maximum atomic E-state index is 8.63. The van der Waals surface area contributed by atoms with Gasteiger partial charge < -0.3 is 4.57 Å². The van der Waals surface area contributed by atoms with Gasteiger partial charge in [-0.15, -0.1) is 0 Å². The van der Waals surface area contributed by atoms with E-state index in [1.807, 2.05) is 13.0 Å². The third-order valence-electron chi connectivity index (χ3n) is 1.71. The molecule has 1 heterocycles. The molecule has 0 bridgehead atoms. The quantitative estimate of drug-likeness (QED) is 0.633. The molecule has 3 heteroatoms. The van der Waals surface area contributed by atoms with Gasteiger partial charge in [-0.3, -0.25) is 0 Å². The molecule has 0 saturated heterocycles. The predicted octanol–water partition coefficient (Wildman–Crippen LogP) is 1.72. The number of nitrogens with zero attached hydrogens (tertiary/aromatic N) is 3. The minimum atomic E-state index is 0.449. The third-order valence-corrected chi connectivity index (χ3v) is 1.71. The lowest BCUT2D eigenvalue weighted by molar-refractivity contribution is 0.747. The van der Waals surface area contributed by atoms with Crippen molar-refractivity contribution in [2.45, 2.75) is 19.9 Å². The summed E-state index contributed by atoms with van der Waals surface area (Å²) in [7, 11) is 0. The fourth-order valence-electron chi connectivity index (χ4n) is 0.903. The van der Waals surface area contributed by atoms with Crippen LogP contribution in [0, 0.1) is 11.3 Å². The van der Waals surface area contributed by atoms with Crippen molar-refractivity contribution in [3.05, 3.63) is 30.4 Å².